The maximum absolute atomic E-state index is 13.5. The van der Waals surface area contributed by atoms with Crippen LogP contribution in [0.25, 0.3) is 0 Å². The van der Waals surface area contributed by atoms with Gasteiger partial charge in [0.05, 0.1) is 15.5 Å². The van der Waals surface area contributed by atoms with Gasteiger partial charge in [-0.2, -0.15) is 0 Å². The van der Waals surface area contributed by atoms with Crippen molar-refractivity contribution in [3.8, 4) is 0 Å². The van der Waals surface area contributed by atoms with Gasteiger partial charge >= 0.3 is 0 Å². The van der Waals surface area contributed by atoms with Gasteiger partial charge in [-0.1, -0.05) is 60.1 Å². The SMILES string of the molecule is O=C(Nc1ccccc1Cc1ccccc1)c1cc(S(=O)(=O)NC23CC4CC(CC(C4)C2)C3)ccc1Cl. The van der Waals surface area contributed by atoms with Crippen molar-refractivity contribution in [2.45, 2.75) is 55.4 Å². The first-order valence-electron chi connectivity index (χ1n) is 13.1. The summed E-state index contributed by atoms with van der Waals surface area (Å²) in [5, 5.41) is 3.17. The van der Waals surface area contributed by atoms with E-state index in [2.05, 4.69) is 10.0 Å². The van der Waals surface area contributed by atoms with Crippen molar-refractivity contribution in [1.29, 1.82) is 0 Å². The Morgan fingerprint density at radius 2 is 1.49 bits per heavy atom. The summed E-state index contributed by atoms with van der Waals surface area (Å²) >= 11 is 6.40. The van der Waals surface area contributed by atoms with Crippen molar-refractivity contribution in [3.05, 3.63) is 94.5 Å². The molecular weight excluding hydrogens is 504 g/mol. The molecule has 0 heterocycles. The quantitative estimate of drug-likeness (QED) is 0.367. The number of rotatable bonds is 7. The van der Waals surface area contributed by atoms with E-state index in [9.17, 15) is 13.2 Å². The molecule has 7 heteroatoms. The third-order valence-corrected chi connectivity index (χ3v) is 10.3. The van der Waals surface area contributed by atoms with E-state index in [4.69, 9.17) is 11.6 Å². The average Bonchev–Trinajstić information content (AvgIpc) is 2.84. The second kappa shape index (κ2) is 9.57. The van der Waals surface area contributed by atoms with E-state index >= 15 is 0 Å². The maximum Gasteiger partial charge on any atom is 0.257 e. The van der Waals surface area contributed by atoms with E-state index in [0.717, 1.165) is 30.4 Å². The van der Waals surface area contributed by atoms with Crippen molar-refractivity contribution in [2.24, 2.45) is 17.8 Å². The third-order valence-electron chi connectivity index (χ3n) is 8.38. The summed E-state index contributed by atoms with van der Waals surface area (Å²) < 4.78 is 30.2. The molecule has 4 aliphatic rings. The fraction of sp³-hybridized carbons (Fsp3) is 0.367. The van der Waals surface area contributed by atoms with Crippen molar-refractivity contribution < 1.29 is 13.2 Å². The Morgan fingerprint density at radius 3 is 2.16 bits per heavy atom. The van der Waals surface area contributed by atoms with E-state index in [1.165, 1.54) is 37.5 Å². The second-order valence-electron chi connectivity index (χ2n) is 11.2. The largest absolute Gasteiger partial charge is 0.322 e. The normalized spacial score (nSPS) is 26.2. The number of benzene rings is 3. The van der Waals surface area contributed by atoms with Gasteiger partial charge in [-0.15, -0.1) is 0 Å². The van der Waals surface area contributed by atoms with Crippen LogP contribution < -0.4 is 10.0 Å². The lowest BCUT2D eigenvalue weighted by Crippen LogP contribution is -2.59. The Balaban J connectivity index is 1.23. The Bertz CT molecular complexity index is 1400. The molecule has 1 amide bonds. The molecule has 0 unspecified atom stereocenters. The smallest absolute Gasteiger partial charge is 0.257 e. The molecule has 2 N–H and O–H groups in total. The standard InChI is InChI=1S/C30H31ClN2O3S/c31-27-11-10-25(37(35,36)33-30-17-21-12-22(18-30)14-23(13-21)19-30)16-26(27)29(34)32-28-9-5-4-8-24(28)15-20-6-2-1-3-7-20/h1-11,16,21-23,33H,12-15,17-19H2,(H,32,34). The first-order valence-corrected chi connectivity index (χ1v) is 14.9. The second-order valence-corrected chi connectivity index (χ2v) is 13.3. The zero-order valence-corrected chi connectivity index (χ0v) is 22.2. The molecule has 0 aromatic heterocycles. The van der Waals surface area contributed by atoms with E-state index in [1.54, 1.807) is 0 Å². The van der Waals surface area contributed by atoms with Crippen LogP contribution in [0.3, 0.4) is 0 Å². The lowest BCUT2D eigenvalue weighted by Gasteiger charge is -2.56. The minimum absolute atomic E-state index is 0.0790. The summed E-state index contributed by atoms with van der Waals surface area (Å²) in [7, 11) is -3.81. The maximum atomic E-state index is 13.5. The van der Waals surface area contributed by atoms with Crippen molar-refractivity contribution in [2.75, 3.05) is 5.32 Å². The van der Waals surface area contributed by atoms with Gasteiger partial charge in [0.15, 0.2) is 0 Å². The first kappa shape index (κ1) is 24.7. The molecule has 0 atom stereocenters. The van der Waals surface area contributed by atoms with Gasteiger partial charge in [0.25, 0.3) is 5.91 Å². The predicted molar refractivity (Wildman–Crippen MR) is 146 cm³/mol. The molecule has 4 aliphatic carbocycles. The monoisotopic (exact) mass is 534 g/mol. The van der Waals surface area contributed by atoms with Crippen LogP contribution >= 0.6 is 11.6 Å². The molecule has 0 spiro atoms. The molecule has 4 fully saturated rings. The Labute approximate surface area is 223 Å². The molecule has 0 saturated heterocycles. The number of nitrogens with one attached hydrogen (secondary N) is 2. The highest BCUT2D eigenvalue weighted by atomic mass is 35.5. The third kappa shape index (κ3) is 5.07. The number of anilines is 1. The van der Waals surface area contributed by atoms with Crippen molar-refractivity contribution in [1.82, 2.24) is 4.72 Å². The van der Waals surface area contributed by atoms with Gasteiger partial charge in [0.2, 0.25) is 10.0 Å². The summed E-state index contributed by atoms with van der Waals surface area (Å²) in [6, 6.07) is 22.0. The van der Waals surface area contributed by atoms with Crippen LogP contribution in [0.1, 0.15) is 60.0 Å². The molecule has 37 heavy (non-hydrogen) atoms. The van der Waals surface area contributed by atoms with E-state index in [1.807, 2.05) is 54.6 Å². The molecule has 3 aromatic carbocycles. The Morgan fingerprint density at radius 1 is 0.865 bits per heavy atom. The number of amides is 1. The zero-order valence-electron chi connectivity index (χ0n) is 20.6. The lowest BCUT2D eigenvalue weighted by atomic mass is 9.53. The molecule has 0 aliphatic heterocycles. The number of sulfonamides is 1. The number of carbonyl (C=O) groups is 1. The number of carbonyl (C=O) groups excluding carboxylic acids is 1. The molecular formula is C30H31ClN2O3S. The van der Waals surface area contributed by atoms with Gasteiger partial charge in [0.1, 0.15) is 0 Å². The number of halogens is 1. The average molecular weight is 535 g/mol. The highest BCUT2D eigenvalue weighted by Gasteiger charge is 2.52. The summed E-state index contributed by atoms with van der Waals surface area (Å²) in [5.74, 6) is 1.43. The van der Waals surface area contributed by atoms with E-state index in [-0.39, 0.29) is 21.0 Å². The number of hydrogen-bond donors (Lipinski definition) is 2. The Hall–Kier alpha value is -2.67. The van der Waals surface area contributed by atoms with Gasteiger partial charge in [-0.05, 0) is 98.1 Å². The van der Waals surface area contributed by atoms with Crippen molar-refractivity contribution >= 4 is 33.2 Å². The topological polar surface area (TPSA) is 75.3 Å². The summed E-state index contributed by atoms with van der Waals surface area (Å²) in [6.45, 7) is 0. The molecule has 4 bridgehead atoms. The fourth-order valence-electron chi connectivity index (χ4n) is 7.23. The molecule has 7 rings (SSSR count). The fourth-order valence-corrected chi connectivity index (χ4v) is 8.89. The lowest BCUT2D eigenvalue weighted by molar-refractivity contribution is -0.00810. The predicted octanol–water partition coefficient (Wildman–Crippen LogP) is 6.43. The van der Waals surface area contributed by atoms with Crippen LogP contribution in [0, 0.1) is 17.8 Å². The summed E-state index contributed by atoms with van der Waals surface area (Å²) in [4.78, 5) is 13.4. The van der Waals surface area contributed by atoms with Gasteiger partial charge in [0, 0.05) is 11.2 Å². The van der Waals surface area contributed by atoms with Crippen molar-refractivity contribution in [3.63, 3.8) is 0 Å². The van der Waals surface area contributed by atoms with Gasteiger partial charge in [-0.25, -0.2) is 13.1 Å². The Kier molecular flexibility index (Phi) is 6.38. The van der Waals surface area contributed by atoms with Crippen LogP contribution in [0.5, 0.6) is 0 Å². The van der Waals surface area contributed by atoms with Crippen LogP contribution in [-0.4, -0.2) is 19.9 Å². The number of para-hydroxylation sites is 1. The van der Waals surface area contributed by atoms with Crippen LogP contribution in [-0.2, 0) is 16.4 Å². The molecule has 3 aromatic rings. The van der Waals surface area contributed by atoms with E-state index in [0.29, 0.717) is 29.9 Å². The first-order chi connectivity index (χ1) is 17.8. The minimum atomic E-state index is -3.81. The summed E-state index contributed by atoms with van der Waals surface area (Å²) in [5.41, 5.74) is 2.56. The summed E-state index contributed by atoms with van der Waals surface area (Å²) in [6.07, 6.45) is 7.11. The minimum Gasteiger partial charge on any atom is -0.322 e. The van der Waals surface area contributed by atoms with Gasteiger partial charge < -0.3 is 5.32 Å². The molecule has 4 saturated carbocycles. The molecule has 192 valence electrons. The molecule has 0 radical (unpaired) electrons. The van der Waals surface area contributed by atoms with Crippen LogP contribution in [0.2, 0.25) is 5.02 Å². The highest BCUT2D eigenvalue weighted by Crippen LogP contribution is 2.56. The highest BCUT2D eigenvalue weighted by molar-refractivity contribution is 7.89. The number of hydrogen-bond acceptors (Lipinski definition) is 3. The van der Waals surface area contributed by atoms with Crippen LogP contribution in [0.4, 0.5) is 5.69 Å². The van der Waals surface area contributed by atoms with Crippen LogP contribution in [0.15, 0.2) is 77.7 Å². The van der Waals surface area contributed by atoms with Gasteiger partial charge in [-0.3, -0.25) is 4.79 Å². The zero-order chi connectivity index (χ0) is 25.6. The molecule has 5 nitrogen and oxygen atoms in total. The van der Waals surface area contributed by atoms with E-state index < -0.39 is 15.9 Å².